The van der Waals surface area contributed by atoms with E-state index in [1.165, 1.54) is 15.9 Å². The number of halogens is 1. The Balaban J connectivity index is 1.96. The standard InChI is InChI=1S/C17H11ClN4O2S/c18-13-7-6-11(8-19-13)9-21-15(23)14(12-4-2-1-3-5-12)16(24)22-17(21)25-10-20-22/h1-8,10H,9H2/p+1. The number of pyridine rings is 1. The van der Waals surface area contributed by atoms with Crippen molar-refractivity contribution in [2.24, 2.45) is 0 Å². The molecule has 4 aromatic rings. The van der Waals surface area contributed by atoms with Gasteiger partial charge >= 0.3 is 10.5 Å². The Kier molecular flexibility index (Phi) is 3.95. The van der Waals surface area contributed by atoms with Crippen LogP contribution >= 0.6 is 22.9 Å². The van der Waals surface area contributed by atoms with E-state index in [9.17, 15) is 9.90 Å². The zero-order valence-corrected chi connectivity index (χ0v) is 14.4. The summed E-state index contributed by atoms with van der Waals surface area (Å²) in [7, 11) is 0. The van der Waals surface area contributed by atoms with Crippen molar-refractivity contribution in [1.82, 2.24) is 14.6 Å². The van der Waals surface area contributed by atoms with Crippen molar-refractivity contribution in [1.29, 1.82) is 0 Å². The Bertz CT molecular complexity index is 1110. The lowest BCUT2D eigenvalue weighted by Crippen LogP contribution is -2.40. The summed E-state index contributed by atoms with van der Waals surface area (Å²) in [6, 6.07) is 12.6. The first-order chi connectivity index (χ1) is 12.1. The predicted molar refractivity (Wildman–Crippen MR) is 95.0 cm³/mol. The first-order valence-corrected chi connectivity index (χ1v) is 8.68. The van der Waals surface area contributed by atoms with Crippen molar-refractivity contribution in [3.63, 3.8) is 0 Å². The van der Waals surface area contributed by atoms with Gasteiger partial charge in [0.25, 0.3) is 5.88 Å². The Morgan fingerprint density at radius 2 is 2.00 bits per heavy atom. The fourth-order valence-electron chi connectivity index (χ4n) is 2.64. The van der Waals surface area contributed by atoms with Crippen molar-refractivity contribution < 1.29 is 9.67 Å². The second-order valence-electron chi connectivity index (χ2n) is 5.38. The summed E-state index contributed by atoms with van der Waals surface area (Å²) in [5, 5.41) is 15.4. The number of hydrogen-bond donors (Lipinski definition) is 1. The third kappa shape index (κ3) is 2.77. The molecule has 0 radical (unpaired) electrons. The summed E-state index contributed by atoms with van der Waals surface area (Å²) in [6.07, 6.45) is 1.64. The second-order valence-corrected chi connectivity index (χ2v) is 6.58. The van der Waals surface area contributed by atoms with Crippen LogP contribution in [0.4, 0.5) is 0 Å². The molecule has 3 aromatic heterocycles. The summed E-state index contributed by atoms with van der Waals surface area (Å²) in [5.41, 5.74) is 2.91. The van der Waals surface area contributed by atoms with Gasteiger partial charge in [0.1, 0.15) is 17.2 Å². The Labute approximate surface area is 151 Å². The number of hydrogen-bond acceptors (Lipinski definition) is 5. The molecule has 0 aliphatic carbocycles. The number of aromatic nitrogens is 4. The van der Waals surface area contributed by atoms with E-state index in [2.05, 4.69) is 10.1 Å². The Morgan fingerprint density at radius 3 is 2.72 bits per heavy atom. The average Bonchev–Trinajstić information content (AvgIpc) is 3.11. The molecule has 0 atom stereocenters. The minimum absolute atomic E-state index is 0.101. The van der Waals surface area contributed by atoms with E-state index in [0.717, 1.165) is 5.56 Å². The van der Waals surface area contributed by atoms with Gasteiger partial charge in [0, 0.05) is 11.8 Å². The van der Waals surface area contributed by atoms with Gasteiger partial charge in [-0.3, -0.25) is 0 Å². The van der Waals surface area contributed by atoms with Crippen LogP contribution in [0.1, 0.15) is 5.56 Å². The molecule has 0 saturated carbocycles. The fourth-order valence-corrected chi connectivity index (χ4v) is 3.50. The van der Waals surface area contributed by atoms with E-state index >= 15 is 0 Å². The third-order valence-electron chi connectivity index (χ3n) is 3.81. The fraction of sp³-hybridized carbons (Fsp3) is 0.0588. The van der Waals surface area contributed by atoms with Gasteiger partial charge < -0.3 is 5.11 Å². The molecule has 0 spiro atoms. The highest BCUT2D eigenvalue weighted by molar-refractivity contribution is 7.14. The number of aromatic hydroxyl groups is 1. The number of benzene rings is 1. The summed E-state index contributed by atoms with van der Waals surface area (Å²) < 4.78 is 2.95. The van der Waals surface area contributed by atoms with Gasteiger partial charge in [-0.15, -0.1) is 0 Å². The van der Waals surface area contributed by atoms with Gasteiger partial charge in [-0.05, 0) is 27.5 Å². The van der Waals surface area contributed by atoms with E-state index in [-0.39, 0.29) is 17.0 Å². The third-order valence-corrected chi connectivity index (χ3v) is 4.84. The maximum Gasteiger partial charge on any atom is 0.375 e. The quantitative estimate of drug-likeness (QED) is 0.443. The van der Waals surface area contributed by atoms with Gasteiger partial charge in [-0.25, -0.2) is 9.78 Å². The molecule has 0 bridgehead atoms. The maximum atomic E-state index is 12.8. The van der Waals surface area contributed by atoms with E-state index in [1.54, 1.807) is 34.5 Å². The van der Waals surface area contributed by atoms with Crippen LogP contribution in [-0.4, -0.2) is 19.7 Å². The molecule has 0 aliphatic heterocycles. The van der Waals surface area contributed by atoms with Crippen LogP contribution in [0.5, 0.6) is 5.88 Å². The zero-order valence-electron chi connectivity index (χ0n) is 12.8. The first kappa shape index (κ1) is 15.7. The molecule has 0 saturated heterocycles. The molecule has 0 fully saturated rings. The monoisotopic (exact) mass is 371 g/mol. The first-order valence-electron chi connectivity index (χ1n) is 7.42. The van der Waals surface area contributed by atoms with E-state index in [4.69, 9.17) is 11.6 Å². The lowest BCUT2D eigenvalue weighted by molar-refractivity contribution is -0.669. The molecule has 0 amide bonds. The summed E-state index contributed by atoms with van der Waals surface area (Å²) in [6.45, 7) is 0.335. The highest BCUT2D eigenvalue weighted by atomic mass is 35.5. The lowest BCUT2D eigenvalue weighted by atomic mass is 10.1. The van der Waals surface area contributed by atoms with Crippen LogP contribution in [0.3, 0.4) is 0 Å². The molecule has 25 heavy (non-hydrogen) atoms. The minimum Gasteiger partial charge on any atom is -0.477 e. The molecule has 0 unspecified atom stereocenters. The van der Waals surface area contributed by atoms with Crippen molar-refractivity contribution >= 4 is 27.9 Å². The van der Waals surface area contributed by atoms with Crippen molar-refractivity contribution in [3.05, 3.63) is 75.2 Å². The van der Waals surface area contributed by atoms with E-state index in [0.29, 0.717) is 22.2 Å². The van der Waals surface area contributed by atoms with Crippen molar-refractivity contribution in [2.75, 3.05) is 0 Å². The average molecular weight is 372 g/mol. The Morgan fingerprint density at radius 1 is 1.20 bits per heavy atom. The highest BCUT2D eigenvalue weighted by Crippen LogP contribution is 2.24. The molecule has 1 aromatic carbocycles. The van der Waals surface area contributed by atoms with Gasteiger partial charge in [-0.2, -0.15) is 4.57 Å². The van der Waals surface area contributed by atoms with Gasteiger partial charge in [-0.1, -0.05) is 53.1 Å². The van der Waals surface area contributed by atoms with Crippen molar-refractivity contribution in [3.8, 4) is 17.0 Å². The highest BCUT2D eigenvalue weighted by Gasteiger charge is 2.27. The smallest absolute Gasteiger partial charge is 0.375 e. The predicted octanol–water partition coefficient (Wildman–Crippen LogP) is 2.51. The van der Waals surface area contributed by atoms with Gasteiger partial charge in [0.15, 0.2) is 5.56 Å². The van der Waals surface area contributed by atoms with Crippen LogP contribution < -0.4 is 10.1 Å². The summed E-state index contributed by atoms with van der Waals surface area (Å²) >= 11 is 7.11. The SMILES string of the molecule is O=c1c(-c2ccccc2)c(O)[n+](Cc2ccc(Cl)nc2)c2scnn12. The normalized spacial score (nSPS) is 11.1. The maximum absolute atomic E-state index is 12.8. The minimum atomic E-state index is -0.356. The number of nitrogens with zero attached hydrogens (tertiary/aromatic N) is 4. The lowest BCUT2D eigenvalue weighted by Gasteiger charge is -2.07. The second kappa shape index (κ2) is 6.27. The Hall–Kier alpha value is -2.77. The topological polar surface area (TPSA) is 71.4 Å². The summed E-state index contributed by atoms with van der Waals surface area (Å²) in [5.74, 6) is -0.101. The molecule has 124 valence electrons. The zero-order chi connectivity index (χ0) is 17.4. The molecule has 8 heteroatoms. The van der Waals surface area contributed by atoms with Gasteiger partial charge in [0.2, 0.25) is 0 Å². The largest absolute Gasteiger partial charge is 0.477 e. The van der Waals surface area contributed by atoms with Crippen LogP contribution in [-0.2, 0) is 6.54 Å². The number of rotatable bonds is 3. The van der Waals surface area contributed by atoms with Crippen LogP contribution in [0.15, 0.2) is 59.0 Å². The van der Waals surface area contributed by atoms with Crippen LogP contribution in [0.25, 0.3) is 16.1 Å². The number of fused-ring (bicyclic) bond motifs is 1. The van der Waals surface area contributed by atoms with Crippen LogP contribution in [0.2, 0.25) is 5.15 Å². The molecule has 3 heterocycles. The molecule has 0 aliphatic rings. The summed E-state index contributed by atoms with van der Waals surface area (Å²) in [4.78, 5) is 17.4. The van der Waals surface area contributed by atoms with Crippen LogP contribution in [0, 0.1) is 0 Å². The van der Waals surface area contributed by atoms with Gasteiger partial charge in [0.05, 0.1) is 0 Å². The molecular formula is C17H12ClN4O2S+. The van der Waals surface area contributed by atoms with E-state index < -0.39 is 0 Å². The van der Waals surface area contributed by atoms with Crippen molar-refractivity contribution in [2.45, 2.75) is 6.54 Å². The molecule has 1 N–H and O–H groups in total. The molecule has 4 rings (SSSR count). The molecule has 6 nitrogen and oxygen atoms in total. The van der Waals surface area contributed by atoms with E-state index in [1.807, 2.05) is 24.3 Å². The molecular weight excluding hydrogens is 360 g/mol.